The van der Waals surface area contributed by atoms with Crippen LogP contribution in [-0.2, 0) is 12.7 Å². The van der Waals surface area contributed by atoms with Gasteiger partial charge in [0.25, 0.3) is 0 Å². The molecule has 266 valence electrons. The molecule has 5 aromatic carbocycles. The second kappa shape index (κ2) is 14.7. The molecule has 9 heteroatoms. The van der Waals surface area contributed by atoms with Gasteiger partial charge in [0.2, 0.25) is 10.9 Å². The third kappa shape index (κ3) is 7.51. The van der Waals surface area contributed by atoms with Crippen molar-refractivity contribution in [3.63, 3.8) is 0 Å². The second-order valence-electron chi connectivity index (χ2n) is 13.0. The summed E-state index contributed by atoms with van der Waals surface area (Å²) in [6, 6.07) is 29.8. The zero-order valence-corrected chi connectivity index (χ0v) is 29.5. The molecule has 0 unspecified atom stereocenters. The summed E-state index contributed by atoms with van der Waals surface area (Å²) in [5, 5.41) is 0.818. The van der Waals surface area contributed by atoms with Crippen molar-refractivity contribution >= 4 is 33.4 Å². The van der Waals surface area contributed by atoms with Crippen LogP contribution in [0.4, 0.5) is 13.2 Å². The number of aryl methyl sites for hydroxylation is 4. The average Bonchev–Trinajstić information content (AvgIpc) is 3.15. The van der Waals surface area contributed by atoms with E-state index in [0.717, 1.165) is 33.8 Å². The molecule has 0 aliphatic carbocycles. The Kier molecular flexibility index (Phi) is 10.1. The molecule has 0 radical (unpaired) electrons. The van der Waals surface area contributed by atoms with Gasteiger partial charge in [0.05, 0.1) is 22.2 Å². The van der Waals surface area contributed by atoms with Gasteiger partial charge >= 0.3 is 6.18 Å². The van der Waals surface area contributed by atoms with Crippen LogP contribution >= 0.6 is 0 Å². The number of nitrogens with zero attached hydrogens (tertiary/aromatic N) is 1. The van der Waals surface area contributed by atoms with Crippen molar-refractivity contribution in [1.82, 2.24) is 9.55 Å². The number of para-hydroxylation sites is 2. The highest BCUT2D eigenvalue weighted by molar-refractivity contribution is 6.11. The minimum atomic E-state index is -4.51. The van der Waals surface area contributed by atoms with Crippen LogP contribution in [0.3, 0.4) is 0 Å². The summed E-state index contributed by atoms with van der Waals surface area (Å²) < 4.78 is 42.1. The van der Waals surface area contributed by atoms with E-state index >= 15 is 0 Å². The molecule has 1 N–H and O–H groups in total. The lowest BCUT2D eigenvalue weighted by Gasteiger charge is -2.17. The molecule has 53 heavy (non-hydrogen) atoms. The molecule has 0 fully saturated rings. The van der Waals surface area contributed by atoms with Crippen molar-refractivity contribution in [3.8, 4) is 0 Å². The Balaban J connectivity index is 0.000000198. The molecular formula is C44H35F3N2O4. The first-order valence-corrected chi connectivity index (χ1v) is 16.9. The smallest absolute Gasteiger partial charge is 0.360 e. The Morgan fingerprint density at radius 1 is 0.623 bits per heavy atom. The molecule has 0 aliphatic rings. The maximum absolute atomic E-state index is 13.5. The molecule has 0 saturated heterocycles. The van der Waals surface area contributed by atoms with Crippen LogP contribution in [0.15, 0.2) is 131 Å². The molecule has 0 atom stereocenters. The number of hydrogen-bond donors (Lipinski definition) is 1. The second-order valence-corrected chi connectivity index (χ2v) is 13.0. The molecule has 2 aromatic heterocycles. The summed E-state index contributed by atoms with van der Waals surface area (Å²) in [7, 11) is 0. The summed E-state index contributed by atoms with van der Waals surface area (Å²) in [4.78, 5) is 54.3. The first-order valence-electron chi connectivity index (χ1n) is 16.9. The van der Waals surface area contributed by atoms with E-state index in [0.29, 0.717) is 22.0 Å². The van der Waals surface area contributed by atoms with E-state index in [1.54, 1.807) is 54.6 Å². The first kappa shape index (κ1) is 36.4. The number of rotatable bonds is 6. The number of carbonyl (C=O) groups is 2. The number of pyridine rings is 2. The third-order valence-corrected chi connectivity index (χ3v) is 9.47. The van der Waals surface area contributed by atoms with Crippen molar-refractivity contribution in [3.05, 3.63) is 198 Å². The van der Waals surface area contributed by atoms with Gasteiger partial charge in [0, 0.05) is 46.4 Å². The highest BCUT2D eigenvalue weighted by Crippen LogP contribution is 2.32. The minimum absolute atomic E-state index is 0.0541. The fourth-order valence-electron chi connectivity index (χ4n) is 6.17. The Morgan fingerprint density at radius 3 is 1.77 bits per heavy atom. The molecule has 0 spiro atoms. The van der Waals surface area contributed by atoms with Crippen molar-refractivity contribution in [2.24, 2.45) is 0 Å². The Hall–Kier alpha value is -6.35. The minimum Gasteiger partial charge on any atom is -0.360 e. The van der Waals surface area contributed by atoms with Crippen LogP contribution in [0, 0.1) is 27.7 Å². The molecule has 2 heterocycles. The predicted molar refractivity (Wildman–Crippen MR) is 202 cm³/mol. The maximum Gasteiger partial charge on any atom is 0.416 e. The van der Waals surface area contributed by atoms with Gasteiger partial charge in [-0.05, 0) is 98.0 Å². The number of hydrogen-bond acceptors (Lipinski definition) is 4. The normalized spacial score (nSPS) is 11.3. The predicted octanol–water partition coefficient (Wildman–Crippen LogP) is 9.29. The van der Waals surface area contributed by atoms with Crippen LogP contribution in [0.2, 0.25) is 0 Å². The number of aromatic nitrogens is 2. The third-order valence-electron chi connectivity index (χ3n) is 9.47. The van der Waals surface area contributed by atoms with Gasteiger partial charge < -0.3 is 9.55 Å². The van der Waals surface area contributed by atoms with Gasteiger partial charge in [-0.25, -0.2) is 0 Å². The molecule has 7 rings (SSSR count). The molecule has 7 aromatic rings. The summed E-state index contributed by atoms with van der Waals surface area (Å²) in [6.45, 7) is 7.61. The summed E-state index contributed by atoms with van der Waals surface area (Å²) in [5.41, 5.74) is 4.94. The van der Waals surface area contributed by atoms with Crippen LogP contribution in [-0.4, -0.2) is 21.1 Å². The van der Waals surface area contributed by atoms with Crippen molar-refractivity contribution in [2.75, 3.05) is 0 Å². The van der Waals surface area contributed by atoms with Gasteiger partial charge in [-0.1, -0.05) is 66.7 Å². The lowest BCUT2D eigenvalue weighted by Crippen LogP contribution is -2.21. The van der Waals surface area contributed by atoms with Crippen molar-refractivity contribution in [1.29, 1.82) is 0 Å². The molecule has 0 amide bonds. The quantitative estimate of drug-likeness (QED) is 0.174. The van der Waals surface area contributed by atoms with Gasteiger partial charge in [-0.2, -0.15) is 13.2 Å². The zero-order valence-electron chi connectivity index (χ0n) is 29.5. The number of ketones is 2. The highest BCUT2D eigenvalue weighted by Gasteiger charge is 2.33. The topological polar surface area (TPSA) is 89.0 Å². The zero-order chi connectivity index (χ0) is 38.0. The fraction of sp³-hybridized carbons (Fsp3) is 0.136. The number of aromatic amines is 1. The Labute approximate surface area is 303 Å². The van der Waals surface area contributed by atoms with Gasteiger partial charge in [-0.15, -0.1) is 0 Å². The largest absolute Gasteiger partial charge is 0.416 e. The number of H-pyrrole nitrogens is 1. The van der Waals surface area contributed by atoms with Gasteiger partial charge in [-0.3, -0.25) is 19.2 Å². The van der Waals surface area contributed by atoms with Crippen LogP contribution in [0.25, 0.3) is 21.8 Å². The Bertz CT molecular complexity index is 2670. The van der Waals surface area contributed by atoms with E-state index in [1.807, 2.05) is 58.0 Å². The van der Waals surface area contributed by atoms with E-state index in [-0.39, 0.29) is 39.8 Å². The van der Waals surface area contributed by atoms with E-state index in [9.17, 15) is 32.3 Å². The SMILES string of the molecule is Cc1ccc(C(=O)c2c[nH]c3ccccc3c2=O)cc1C.Cc1ccc(C(=O)c2cn(Cc3ccccc3C(F)(F)F)c3ccccc3c2=O)cc1C. The van der Waals surface area contributed by atoms with E-state index < -0.39 is 23.0 Å². The molecule has 0 bridgehead atoms. The number of benzene rings is 5. The van der Waals surface area contributed by atoms with Crippen molar-refractivity contribution in [2.45, 2.75) is 40.4 Å². The molecular weight excluding hydrogens is 677 g/mol. The average molecular weight is 713 g/mol. The first-order chi connectivity index (χ1) is 25.2. The summed E-state index contributed by atoms with van der Waals surface area (Å²) in [5.74, 6) is -0.702. The van der Waals surface area contributed by atoms with E-state index in [2.05, 4.69) is 4.98 Å². The summed E-state index contributed by atoms with van der Waals surface area (Å²) >= 11 is 0. The monoisotopic (exact) mass is 712 g/mol. The van der Waals surface area contributed by atoms with E-state index in [1.165, 1.54) is 35.2 Å². The fourth-order valence-corrected chi connectivity index (χ4v) is 6.17. The maximum atomic E-state index is 13.5. The highest BCUT2D eigenvalue weighted by atomic mass is 19.4. The van der Waals surface area contributed by atoms with Crippen LogP contribution in [0.1, 0.15) is 65.2 Å². The van der Waals surface area contributed by atoms with Gasteiger partial charge in [0.1, 0.15) is 0 Å². The summed E-state index contributed by atoms with van der Waals surface area (Å²) in [6.07, 6.45) is -1.64. The lowest BCUT2D eigenvalue weighted by molar-refractivity contribution is -0.138. The number of halogens is 3. The number of fused-ring (bicyclic) bond motifs is 2. The number of alkyl halides is 3. The van der Waals surface area contributed by atoms with Crippen molar-refractivity contribution < 1.29 is 22.8 Å². The molecule has 6 nitrogen and oxygen atoms in total. The van der Waals surface area contributed by atoms with Crippen LogP contribution in [0.5, 0.6) is 0 Å². The molecule has 0 saturated carbocycles. The Morgan fingerprint density at radius 2 is 1.15 bits per heavy atom. The number of carbonyl (C=O) groups excluding carboxylic acids is 2. The lowest BCUT2D eigenvalue weighted by atomic mass is 9.98. The van der Waals surface area contributed by atoms with Crippen LogP contribution < -0.4 is 10.9 Å². The number of nitrogens with one attached hydrogen (secondary N) is 1. The van der Waals surface area contributed by atoms with E-state index in [4.69, 9.17) is 0 Å². The standard InChI is InChI=1S/C26H20F3NO2.C18H15NO2/c1-16-11-12-18(13-17(16)2)24(31)21-15-30(23-10-6-4-8-20(23)25(21)32)14-19-7-3-5-9-22(19)26(27,28)29;1-11-7-8-13(9-12(11)2)17(20)15-10-19-16-6-4-3-5-14(16)18(15)21/h3-13,15H,14H2,1-2H3;3-10H,1-2H3,(H,19,21). The van der Waals surface area contributed by atoms with Gasteiger partial charge in [0.15, 0.2) is 11.6 Å². The molecule has 0 aliphatic heterocycles.